The molecular weight excluding hydrogens is 260 g/mol. The van der Waals surface area contributed by atoms with Crippen molar-refractivity contribution in [3.8, 4) is 5.75 Å². The van der Waals surface area contributed by atoms with Gasteiger partial charge in [-0.15, -0.1) is 11.8 Å². The first-order valence-corrected chi connectivity index (χ1v) is 7.07. The van der Waals surface area contributed by atoms with Gasteiger partial charge in [0.2, 0.25) is 5.89 Å². The van der Waals surface area contributed by atoms with Crippen LogP contribution in [0.15, 0.2) is 33.7 Å². The fraction of sp³-hybridized carbons (Fsp3) is 0.429. The summed E-state index contributed by atoms with van der Waals surface area (Å²) in [5.74, 6) is 2.91. The van der Waals surface area contributed by atoms with E-state index in [-0.39, 0.29) is 5.41 Å². The Morgan fingerprint density at radius 3 is 2.74 bits per heavy atom. The first-order valence-electron chi connectivity index (χ1n) is 6.09. The molecule has 102 valence electrons. The van der Waals surface area contributed by atoms with Crippen molar-refractivity contribution in [2.45, 2.75) is 36.8 Å². The van der Waals surface area contributed by atoms with Crippen LogP contribution in [0, 0.1) is 0 Å². The van der Waals surface area contributed by atoms with E-state index in [9.17, 15) is 0 Å². The van der Waals surface area contributed by atoms with Crippen molar-refractivity contribution in [3.63, 3.8) is 0 Å². The molecule has 1 heterocycles. The zero-order valence-corrected chi connectivity index (χ0v) is 12.5. The van der Waals surface area contributed by atoms with E-state index in [2.05, 4.69) is 30.9 Å². The quantitative estimate of drug-likeness (QED) is 0.799. The molecule has 0 atom stereocenters. The van der Waals surface area contributed by atoms with Gasteiger partial charge in [-0.3, -0.25) is 0 Å². The Bertz CT molecular complexity index is 546. The molecule has 0 N–H and O–H groups in total. The molecule has 0 bridgehead atoms. The molecule has 2 rings (SSSR count). The summed E-state index contributed by atoms with van der Waals surface area (Å²) in [5, 5.41) is 4.01. The summed E-state index contributed by atoms with van der Waals surface area (Å²) in [6, 6.07) is 7.92. The molecule has 0 aliphatic heterocycles. The maximum absolute atomic E-state index is 5.26. The Morgan fingerprint density at radius 2 is 2.11 bits per heavy atom. The predicted molar refractivity (Wildman–Crippen MR) is 75.6 cm³/mol. The number of thioether (sulfide) groups is 1. The van der Waals surface area contributed by atoms with E-state index in [1.54, 1.807) is 18.9 Å². The summed E-state index contributed by atoms with van der Waals surface area (Å²) < 4.78 is 10.4. The lowest BCUT2D eigenvalue weighted by molar-refractivity contribution is 0.373. The predicted octanol–water partition coefficient (Wildman–Crippen LogP) is 3.67. The van der Waals surface area contributed by atoms with Crippen molar-refractivity contribution in [1.29, 1.82) is 0 Å². The average Bonchev–Trinajstić information content (AvgIpc) is 2.85. The lowest BCUT2D eigenvalue weighted by Crippen LogP contribution is -2.13. The van der Waals surface area contributed by atoms with Gasteiger partial charge in [0.25, 0.3) is 0 Å². The van der Waals surface area contributed by atoms with Gasteiger partial charge in [-0.2, -0.15) is 4.98 Å². The smallest absolute Gasteiger partial charge is 0.237 e. The molecule has 0 unspecified atom stereocenters. The average molecular weight is 278 g/mol. The van der Waals surface area contributed by atoms with Crippen LogP contribution >= 0.6 is 11.8 Å². The summed E-state index contributed by atoms with van der Waals surface area (Å²) in [4.78, 5) is 5.53. The second kappa shape index (κ2) is 5.65. The van der Waals surface area contributed by atoms with E-state index in [0.717, 1.165) is 16.5 Å². The van der Waals surface area contributed by atoms with Gasteiger partial charge in [0, 0.05) is 10.3 Å². The lowest BCUT2D eigenvalue weighted by atomic mass is 9.96. The molecule has 2 aromatic rings. The van der Waals surface area contributed by atoms with Gasteiger partial charge in [0.05, 0.1) is 12.9 Å². The minimum absolute atomic E-state index is 0.0810. The van der Waals surface area contributed by atoms with Gasteiger partial charge in [-0.05, 0) is 18.2 Å². The Morgan fingerprint density at radius 1 is 1.32 bits per heavy atom. The molecule has 19 heavy (non-hydrogen) atoms. The molecule has 1 aromatic heterocycles. The van der Waals surface area contributed by atoms with Crippen molar-refractivity contribution in [3.05, 3.63) is 36.0 Å². The molecule has 4 nitrogen and oxygen atoms in total. The van der Waals surface area contributed by atoms with Crippen molar-refractivity contribution < 1.29 is 9.26 Å². The topological polar surface area (TPSA) is 48.2 Å². The van der Waals surface area contributed by atoms with E-state index in [4.69, 9.17) is 9.26 Å². The number of benzene rings is 1. The molecule has 0 radical (unpaired) electrons. The fourth-order valence-electron chi connectivity index (χ4n) is 1.45. The van der Waals surface area contributed by atoms with E-state index in [1.165, 1.54) is 0 Å². The molecule has 5 heteroatoms. The van der Waals surface area contributed by atoms with Gasteiger partial charge in [-0.25, -0.2) is 0 Å². The summed E-state index contributed by atoms with van der Waals surface area (Å²) in [6.07, 6.45) is 0. The van der Waals surface area contributed by atoms with Crippen molar-refractivity contribution in [2.24, 2.45) is 0 Å². The minimum atomic E-state index is -0.0810. The molecule has 0 aliphatic carbocycles. The molecule has 0 amide bonds. The number of hydrogen-bond donors (Lipinski definition) is 0. The number of hydrogen-bond acceptors (Lipinski definition) is 5. The Kier molecular flexibility index (Phi) is 4.14. The molecule has 0 spiro atoms. The van der Waals surface area contributed by atoms with Gasteiger partial charge in [0.1, 0.15) is 5.75 Å². The Hall–Kier alpha value is -1.49. The summed E-state index contributed by atoms with van der Waals surface area (Å²) in [5.41, 5.74) is -0.0810. The first kappa shape index (κ1) is 13.9. The van der Waals surface area contributed by atoms with Crippen LogP contribution in [0.3, 0.4) is 0 Å². The first-order chi connectivity index (χ1) is 8.99. The van der Waals surface area contributed by atoms with Crippen LogP contribution in [-0.4, -0.2) is 17.3 Å². The Labute approximate surface area is 117 Å². The van der Waals surface area contributed by atoms with Crippen molar-refractivity contribution >= 4 is 11.8 Å². The van der Waals surface area contributed by atoms with Gasteiger partial charge in [-0.1, -0.05) is 32.0 Å². The maximum atomic E-state index is 5.26. The summed E-state index contributed by atoms with van der Waals surface area (Å²) in [6.45, 7) is 6.20. The van der Waals surface area contributed by atoms with Crippen LogP contribution in [0.4, 0.5) is 0 Å². The summed E-state index contributed by atoms with van der Waals surface area (Å²) in [7, 11) is 1.66. The van der Waals surface area contributed by atoms with Crippen molar-refractivity contribution in [1.82, 2.24) is 10.1 Å². The number of nitrogens with zero attached hydrogens (tertiary/aromatic N) is 2. The van der Waals surface area contributed by atoms with E-state index in [0.29, 0.717) is 11.6 Å². The van der Waals surface area contributed by atoms with Crippen LogP contribution < -0.4 is 4.74 Å². The standard InChI is InChI=1S/C14H18N2O2S/c1-14(2,3)13-15-12(18-16-13)9-19-11-7-5-6-10(8-11)17-4/h5-8H,9H2,1-4H3. The zero-order valence-electron chi connectivity index (χ0n) is 11.6. The molecule has 0 aliphatic rings. The SMILES string of the molecule is COc1cccc(SCc2nc(C(C)(C)C)no2)c1. The van der Waals surface area contributed by atoms with Gasteiger partial charge in [0.15, 0.2) is 5.82 Å². The highest BCUT2D eigenvalue weighted by Gasteiger charge is 2.20. The molecule has 0 saturated carbocycles. The monoisotopic (exact) mass is 278 g/mol. The van der Waals surface area contributed by atoms with Crippen LogP contribution in [-0.2, 0) is 11.2 Å². The zero-order chi connectivity index (χ0) is 13.9. The van der Waals surface area contributed by atoms with E-state index < -0.39 is 0 Å². The van der Waals surface area contributed by atoms with Crippen molar-refractivity contribution in [2.75, 3.05) is 7.11 Å². The maximum Gasteiger partial charge on any atom is 0.237 e. The van der Waals surface area contributed by atoms with Crippen LogP contribution in [0.25, 0.3) is 0 Å². The highest BCUT2D eigenvalue weighted by Crippen LogP contribution is 2.26. The third kappa shape index (κ3) is 3.73. The molecule has 0 saturated heterocycles. The normalized spacial score (nSPS) is 11.6. The fourth-order valence-corrected chi connectivity index (χ4v) is 2.24. The Balaban J connectivity index is 2.00. The largest absolute Gasteiger partial charge is 0.497 e. The highest BCUT2D eigenvalue weighted by atomic mass is 32.2. The number of rotatable bonds is 4. The van der Waals surface area contributed by atoms with Gasteiger partial charge < -0.3 is 9.26 Å². The molecule has 1 aromatic carbocycles. The number of aromatic nitrogens is 2. The van der Waals surface area contributed by atoms with Gasteiger partial charge >= 0.3 is 0 Å². The second-order valence-electron chi connectivity index (χ2n) is 5.23. The van der Waals surface area contributed by atoms with Crippen LogP contribution in [0.5, 0.6) is 5.75 Å². The van der Waals surface area contributed by atoms with Crippen LogP contribution in [0.2, 0.25) is 0 Å². The lowest BCUT2D eigenvalue weighted by Gasteiger charge is -2.10. The van der Waals surface area contributed by atoms with E-state index in [1.807, 2.05) is 24.3 Å². The second-order valence-corrected chi connectivity index (χ2v) is 6.28. The highest BCUT2D eigenvalue weighted by molar-refractivity contribution is 7.98. The minimum Gasteiger partial charge on any atom is -0.497 e. The molecular formula is C14H18N2O2S. The van der Waals surface area contributed by atoms with E-state index >= 15 is 0 Å². The summed E-state index contributed by atoms with van der Waals surface area (Å²) >= 11 is 1.65. The molecule has 0 fully saturated rings. The van der Waals surface area contributed by atoms with Crippen LogP contribution in [0.1, 0.15) is 32.5 Å². The number of methoxy groups -OCH3 is 1. The third-order valence-corrected chi connectivity index (χ3v) is 3.52. The number of ether oxygens (including phenoxy) is 1. The third-order valence-electron chi connectivity index (χ3n) is 2.54.